The summed E-state index contributed by atoms with van der Waals surface area (Å²) in [7, 11) is 2.04. The first-order chi connectivity index (χ1) is 10.1. The predicted molar refractivity (Wildman–Crippen MR) is 91.9 cm³/mol. The van der Waals surface area contributed by atoms with Crippen LogP contribution in [0.15, 0.2) is 42.5 Å². The van der Waals surface area contributed by atoms with Crippen LogP contribution in [0.25, 0.3) is 0 Å². The van der Waals surface area contributed by atoms with Gasteiger partial charge in [-0.15, -0.1) is 0 Å². The van der Waals surface area contributed by atoms with Crippen LogP contribution >= 0.6 is 0 Å². The first kappa shape index (κ1) is 15.8. The third-order valence-corrected chi connectivity index (χ3v) is 4.23. The molecule has 21 heavy (non-hydrogen) atoms. The van der Waals surface area contributed by atoms with Crippen LogP contribution in [0.4, 0.5) is 0 Å². The molecule has 2 aromatic rings. The fourth-order valence-corrected chi connectivity index (χ4v) is 2.83. The lowest BCUT2D eigenvalue weighted by Gasteiger charge is -2.17. The van der Waals surface area contributed by atoms with E-state index in [0.717, 1.165) is 19.4 Å². The minimum atomic E-state index is 0.639. The molecule has 0 bridgehead atoms. The Morgan fingerprint density at radius 1 is 0.810 bits per heavy atom. The number of benzene rings is 2. The smallest absolute Gasteiger partial charge is 0.00172 e. The Bertz CT molecular complexity index is 569. The molecular weight excluding hydrogens is 254 g/mol. The largest absolute Gasteiger partial charge is 0.319 e. The van der Waals surface area contributed by atoms with E-state index in [1.807, 2.05) is 7.05 Å². The lowest BCUT2D eigenvalue weighted by atomic mass is 9.91. The second-order valence-electron chi connectivity index (χ2n) is 6.24. The van der Waals surface area contributed by atoms with Crippen molar-refractivity contribution in [3.63, 3.8) is 0 Å². The van der Waals surface area contributed by atoms with E-state index in [4.69, 9.17) is 0 Å². The standard InChI is InChI=1S/C20H27N/c1-15-5-8-18(9-6-15)12-20(14-21-4)13-19-10-7-16(2)17(3)11-19/h5-11,20-21H,12-14H2,1-4H3. The molecule has 0 fully saturated rings. The number of rotatable bonds is 6. The van der Waals surface area contributed by atoms with E-state index in [0.29, 0.717) is 5.92 Å². The van der Waals surface area contributed by atoms with Crippen LogP contribution in [0, 0.1) is 26.7 Å². The van der Waals surface area contributed by atoms with Crippen molar-refractivity contribution in [2.75, 3.05) is 13.6 Å². The van der Waals surface area contributed by atoms with Crippen LogP contribution in [0.1, 0.15) is 27.8 Å². The fraction of sp³-hybridized carbons (Fsp3) is 0.400. The van der Waals surface area contributed by atoms with Gasteiger partial charge in [-0.25, -0.2) is 0 Å². The quantitative estimate of drug-likeness (QED) is 0.835. The number of hydrogen-bond acceptors (Lipinski definition) is 1. The summed E-state index contributed by atoms with van der Waals surface area (Å²) in [5, 5.41) is 3.35. The molecular formula is C20H27N. The van der Waals surface area contributed by atoms with E-state index < -0.39 is 0 Å². The maximum absolute atomic E-state index is 3.35. The molecule has 0 aliphatic carbocycles. The number of aryl methyl sites for hydroxylation is 3. The summed E-state index contributed by atoms with van der Waals surface area (Å²) in [6.07, 6.45) is 2.27. The molecule has 0 aliphatic rings. The van der Waals surface area contributed by atoms with E-state index in [9.17, 15) is 0 Å². The van der Waals surface area contributed by atoms with Crippen LogP contribution in [-0.4, -0.2) is 13.6 Å². The zero-order chi connectivity index (χ0) is 15.2. The number of nitrogens with one attached hydrogen (secondary N) is 1. The van der Waals surface area contributed by atoms with Gasteiger partial charge in [-0.1, -0.05) is 48.0 Å². The molecule has 1 heteroatoms. The monoisotopic (exact) mass is 281 g/mol. The molecule has 0 aromatic heterocycles. The van der Waals surface area contributed by atoms with Crippen LogP contribution in [-0.2, 0) is 12.8 Å². The van der Waals surface area contributed by atoms with Crippen molar-refractivity contribution in [3.8, 4) is 0 Å². The molecule has 1 nitrogen and oxygen atoms in total. The zero-order valence-corrected chi connectivity index (χ0v) is 13.7. The normalized spacial score (nSPS) is 12.4. The lowest BCUT2D eigenvalue weighted by Crippen LogP contribution is -2.22. The molecule has 112 valence electrons. The van der Waals surface area contributed by atoms with E-state index >= 15 is 0 Å². The Balaban J connectivity index is 2.07. The van der Waals surface area contributed by atoms with Gasteiger partial charge in [0, 0.05) is 0 Å². The van der Waals surface area contributed by atoms with Crippen molar-refractivity contribution in [2.45, 2.75) is 33.6 Å². The molecule has 0 saturated carbocycles. The molecule has 1 unspecified atom stereocenters. The maximum Gasteiger partial charge on any atom is -0.00172 e. The van der Waals surface area contributed by atoms with Crippen LogP contribution in [0.2, 0.25) is 0 Å². The van der Waals surface area contributed by atoms with Crippen molar-refractivity contribution in [3.05, 3.63) is 70.3 Å². The lowest BCUT2D eigenvalue weighted by molar-refractivity contribution is 0.493. The van der Waals surface area contributed by atoms with Gasteiger partial charge in [-0.3, -0.25) is 0 Å². The van der Waals surface area contributed by atoms with Gasteiger partial charge < -0.3 is 5.32 Å². The van der Waals surface area contributed by atoms with Crippen LogP contribution < -0.4 is 5.32 Å². The predicted octanol–water partition coefficient (Wildman–Crippen LogP) is 4.23. The highest BCUT2D eigenvalue weighted by Gasteiger charge is 2.10. The van der Waals surface area contributed by atoms with Gasteiger partial charge in [0.25, 0.3) is 0 Å². The zero-order valence-electron chi connectivity index (χ0n) is 13.7. The molecule has 0 spiro atoms. The molecule has 2 aromatic carbocycles. The first-order valence-electron chi connectivity index (χ1n) is 7.84. The summed E-state index contributed by atoms with van der Waals surface area (Å²) >= 11 is 0. The Hall–Kier alpha value is -1.60. The average Bonchev–Trinajstić information content (AvgIpc) is 2.46. The molecule has 0 aliphatic heterocycles. The van der Waals surface area contributed by atoms with E-state index in [-0.39, 0.29) is 0 Å². The van der Waals surface area contributed by atoms with Crippen molar-refractivity contribution in [1.82, 2.24) is 5.32 Å². The topological polar surface area (TPSA) is 12.0 Å². The second kappa shape index (κ2) is 7.42. The van der Waals surface area contributed by atoms with Crippen molar-refractivity contribution in [1.29, 1.82) is 0 Å². The Morgan fingerprint density at radius 2 is 1.43 bits per heavy atom. The molecule has 2 rings (SSSR count). The van der Waals surface area contributed by atoms with E-state index in [2.05, 4.69) is 68.6 Å². The Kier molecular flexibility index (Phi) is 5.58. The molecule has 0 saturated heterocycles. The molecule has 0 amide bonds. The van der Waals surface area contributed by atoms with Gasteiger partial charge in [-0.05, 0) is 75.4 Å². The number of hydrogen-bond donors (Lipinski definition) is 1. The van der Waals surface area contributed by atoms with Crippen LogP contribution in [0.5, 0.6) is 0 Å². The SMILES string of the molecule is CNCC(Cc1ccc(C)cc1)Cc1ccc(C)c(C)c1. The van der Waals surface area contributed by atoms with Gasteiger partial charge >= 0.3 is 0 Å². The van der Waals surface area contributed by atoms with Crippen molar-refractivity contribution < 1.29 is 0 Å². The average molecular weight is 281 g/mol. The van der Waals surface area contributed by atoms with Crippen molar-refractivity contribution >= 4 is 0 Å². The van der Waals surface area contributed by atoms with Crippen molar-refractivity contribution in [2.24, 2.45) is 5.92 Å². The van der Waals surface area contributed by atoms with Gasteiger partial charge in [0.1, 0.15) is 0 Å². The van der Waals surface area contributed by atoms with Gasteiger partial charge in [0.2, 0.25) is 0 Å². The second-order valence-corrected chi connectivity index (χ2v) is 6.24. The third-order valence-electron chi connectivity index (χ3n) is 4.23. The Labute approximate surface area is 129 Å². The fourth-order valence-electron chi connectivity index (χ4n) is 2.83. The summed E-state index contributed by atoms with van der Waals surface area (Å²) in [6, 6.07) is 15.8. The summed E-state index contributed by atoms with van der Waals surface area (Å²) < 4.78 is 0. The summed E-state index contributed by atoms with van der Waals surface area (Å²) in [6.45, 7) is 7.58. The first-order valence-corrected chi connectivity index (χ1v) is 7.84. The van der Waals surface area contributed by atoms with Gasteiger partial charge in [0.15, 0.2) is 0 Å². The summed E-state index contributed by atoms with van der Waals surface area (Å²) in [5.74, 6) is 0.639. The third kappa shape index (κ3) is 4.71. The van der Waals surface area contributed by atoms with Gasteiger partial charge in [-0.2, -0.15) is 0 Å². The molecule has 0 radical (unpaired) electrons. The highest BCUT2D eigenvalue weighted by molar-refractivity contribution is 5.30. The highest BCUT2D eigenvalue weighted by Crippen LogP contribution is 2.17. The minimum Gasteiger partial charge on any atom is -0.319 e. The summed E-state index contributed by atoms with van der Waals surface area (Å²) in [5.41, 5.74) is 6.99. The summed E-state index contributed by atoms with van der Waals surface area (Å²) in [4.78, 5) is 0. The van der Waals surface area contributed by atoms with Crippen LogP contribution in [0.3, 0.4) is 0 Å². The molecule has 1 atom stereocenters. The molecule has 1 N–H and O–H groups in total. The molecule has 0 heterocycles. The Morgan fingerprint density at radius 3 is 2.05 bits per heavy atom. The van der Waals surface area contributed by atoms with Gasteiger partial charge in [0.05, 0.1) is 0 Å². The minimum absolute atomic E-state index is 0.639. The highest BCUT2D eigenvalue weighted by atomic mass is 14.8. The van der Waals surface area contributed by atoms with E-state index in [1.54, 1.807) is 0 Å². The maximum atomic E-state index is 3.35. The van der Waals surface area contributed by atoms with E-state index in [1.165, 1.54) is 27.8 Å².